The van der Waals surface area contributed by atoms with Crippen molar-refractivity contribution in [1.82, 2.24) is 20.2 Å². The third-order valence-corrected chi connectivity index (χ3v) is 4.60. The highest BCUT2D eigenvalue weighted by Crippen LogP contribution is 2.28. The van der Waals surface area contributed by atoms with E-state index in [1.54, 1.807) is 19.5 Å². The standard InChI is InChI=1S/C20H28N6O2/c1-4-28-17-7-6-16(14-18(17)27-3)15-24-19(21-2)25-10-12-26(13-11-25)20-22-8-5-9-23-20/h5-9,14H,4,10-13,15H2,1-3H3,(H,21,24). The number of piperazine rings is 1. The van der Waals surface area contributed by atoms with E-state index in [2.05, 4.69) is 30.1 Å². The van der Waals surface area contributed by atoms with Crippen LogP contribution >= 0.6 is 0 Å². The van der Waals surface area contributed by atoms with Crippen LogP contribution in [-0.2, 0) is 6.54 Å². The zero-order valence-corrected chi connectivity index (χ0v) is 16.8. The van der Waals surface area contributed by atoms with E-state index in [-0.39, 0.29) is 0 Å². The van der Waals surface area contributed by atoms with Crippen molar-refractivity contribution in [1.29, 1.82) is 0 Å². The highest BCUT2D eigenvalue weighted by Gasteiger charge is 2.21. The van der Waals surface area contributed by atoms with Crippen LogP contribution in [0.15, 0.2) is 41.7 Å². The Hall–Kier alpha value is -3.03. The van der Waals surface area contributed by atoms with Crippen LogP contribution in [0.4, 0.5) is 5.95 Å². The van der Waals surface area contributed by atoms with Crippen LogP contribution in [-0.4, -0.2) is 67.8 Å². The number of anilines is 1. The van der Waals surface area contributed by atoms with Gasteiger partial charge < -0.3 is 24.6 Å². The summed E-state index contributed by atoms with van der Waals surface area (Å²) in [5.41, 5.74) is 1.11. The monoisotopic (exact) mass is 384 g/mol. The van der Waals surface area contributed by atoms with Gasteiger partial charge in [0, 0.05) is 52.2 Å². The Kier molecular flexibility index (Phi) is 6.89. The lowest BCUT2D eigenvalue weighted by Crippen LogP contribution is -2.52. The number of aliphatic imine (C=N–C) groups is 1. The third kappa shape index (κ3) is 4.82. The number of aromatic nitrogens is 2. The molecule has 1 aliphatic rings. The largest absolute Gasteiger partial charge is 0.493 e. The predicted octanol–water partition coefficient (Wildman–Crippen LogP) is 1.78. The molecule has 0 saturated carbocycles. The van der Waals surface area contributed by atoms with Crippen molar-refractivity contribution in [2.24, 2.45) is 4.99 Å². The van der Waals surface area contributed by atoms with Gasteiger partial charge in [-0.1, -0.05) is 6.07 Å². The second kappa shape index (κ2) is 9.77. The molecule has 8 heteroatoms. The zero-order valence-electron chi connectivity index (χ0n) is 16.8. The Bertz CT molecular complexity index is 776. The van der Waals surface area contributed by atoms with Gasteiger partial charge in [0.2, 0.25) is 5.95 Å². The number of ether oxygens (including phenoxy) is 2. The summed E-state index contributed by atoms with van der Waals surface area (Å²) in [4.78, 5) is 17.6. The molecule has 1 N–H and O–H groups in total. The van der Waals surface area contributed by atoms with E-state index in [0.717, 1.165) is 55.1 Å². The second-order valence-corrected chi connectivity index (χ2v) is 6.34. The minimum Gasteiger partial charge on any atom is -0.493 e. The molecule has 3 rings (SSSR count). The third-order valence-electron chi connectivity index (χ3n) is 4.60. The molecular formula is C20H28N6O2. The Morgan fingerprint density at radius 1 is 1.14 bits per heavy atom. The van der Waals surface area contributed by atoms with Crippen LogP contribution in [0.5, 0.6) is 11.5 Å². The maximum atomic E-state index is 5.58. The van der Waals surface area contributed by atoms with Crippen LogP contribution < -0.4 is 19.7 Å². The van der Waals surface area contributed by atoms with Gasteiger partial charge in [-0.2, -0.15) is 0 Å². The van der Waals surface area contributed by atoms with Gasteiger partial charge in [0.15, 0.2) is 17.5 Å². The molecular weight excluding hydrogens is 356 g/mol. The van der Waals surface area contributed by atoms with E-state index in [9.17, 15) is 0 Å². The quantitative estimate of drug-likeness (QED) is 0.601. The van der Waals surface area contributed by atoms with Gasteiger partial charge in [-0.15, -0.1) is 0 Å². The molecule has 0 aliphatic carbocycles. The molecule has 0 unspecified atom stereocenters. The maximum absolute atomic E-state index is 5.58. The van der Waals surface area contributed by atoms with E-state index in [0.29, 0.717) is 13.2 Å². The summed E-state index contributed by atoms with van der Waals surface area (Å²) in [6.45, 7) is 6.69. The zero-order chi connectivity index (χ0) is 19.8. The molecule has 1 fully saturated rings. The molecule has 1 aliphatic heterocycles. The topological polar surface area (TPSA) is 75.1 Å². The summed E-state index contributed by atoms with van der Waals surface area (Å²) in [5.74, 6) is 3.18. The van der Waals surface area contributed by atoms with Crippen molar-refractivity contribution in [2.75, 3.05) is 51.8 Å². The maximum Gasteiger partial charge on any atom is 0.225 e. The van der Waals surface area contributed by atoms with E-state index in [1.807, 2.05) is 38.2 Å². The van der Waals surface area contributed by atoms with Gasteiger partial charge in [-0.05, 0) is 30.7 Å². The van der Waals surface area contributed by atoms with Crippen molar-refractivity contribution in [2.45, 2.75) is 13.5 Å². The number of hydrogen-bond acceptors (Lipinski definition) is 6. The average molecular weight is 384 g/mol. The van der Waals surface area contributed by atoms with Crippen molar-refractivity contribution >= 4 is 11.9 Å². The van der Waals surface area contributed by atoms with Crippen LogP contribution in [0.3, 0.4) is 0 Å². The van der Waals surface area contributed by atoms with Crippen LogP contribution in [0, 0.1) is 0 Å². The van der Waals surface area contributed by atoms with Crippen molar-refractivity contribution in [3.8, 4) is 11.5 Å². The van der Waals surface area contributed by atoms with E-state index in [4.69, 9.17) is 9.47 Å². The Balaban J connectivity index is 1.55. The normalized spacial score (nSPS) is 14.8. The summed E-state index contributed by atoms with van der Waals surface area (Å²) >= 11 is 0. The molecule has 0 spiro atoms. The van der Waals surface area contributed by atoms with Gasteiger partial charge in [0.05, 0.1) is 13.7 Å². The van der Waals surface area contributed by atoms with Crippen LogP contribution in [0.2, 0.25) is 0 Å². The molecule has 1 aromatic carbocycles. The lowest BCUT2D eigenvalue weighted by atomic mass is 10.2. The van der Waals surface area contributed by atoms with Crippen molar-refractivity contribution in [3.05, 3.63) is 42.2 Å². The first-order chi connectivity index (χ1) is 13.7. The summed E-state index contributed by atoms with van der Waals surface area (Å²) in [6, 6.07) is 7.82. The minimum atomic E-state index is 0.612. The number of hydrogen-bond donors (Lipinski definition) is 1. The molecule has 0 atom stereocenters. The van der Waals surface area contributed by atoms with Gasteiger partial charge in [-0.3, -0.25) is 4.99 Å². The fourth-order valence-electron chi connectivity index (χ4n) is 3.18. The number of nitrogens with one attached hydrogen (secondary N) is 1. The fourth-order valence-corrected chi connectivity index (χ4v) is 3.18. The molecule has 150 valence electrons. The molecule has 2 heterocycles. The van der Waals surface area contributed by atoms with Gasteiger partial charge in [0.25, 0.3) is 0 Å². The summed E-state index contributed by atoms with van der Waals surface area (Å²) in [7, 11) is 3.47. The van der Waals surface area contributed by atoms with Crippen LogP contribution in [0.25, 0.3) is 0 Å². The number of benzene rings is 1. The van der Waals surface area contributed by atoms with E-state index < -0.39 is 0 Å². The molecule has 8 nitrogen and oxygen atoms in total. The van der Waals surface area contributed by atoms with Crippen molar-refractivity contribution in [3.63, 3.8) is 0 Å². The minimum absolute atomic E-state index is 0.612. The molecule has 28 heavy (non-hydrogen) atoms. The molecule has 1 saturated heterocycles. The second-order valence-electron chi connectivity index (χ2n) is 6.34. The smallest absolute Gasteiger partial charge is 0.225 e. The predicted molar refractivity (Wildman–Crippen MR) is 110 cm³/mol. The molecule has 0 radical (unpaired) electrons. The van der Waals surface area contributed by atoms with Crippen LogP contribution in [0.1, 0.15) is 12.5 Å². The van der Waals surface area contributed by atoms with Gasteiger partial charge >= 0.3 is 0 Å². The molecule has 1 aromatic heterocycles. The first-order valence-electron chi connectivity index (χ1n) is 9.52. The van der Waals surface area contributed by atoms with Gasteiger partial charge in [0.1, 0.15) is 0 Å². The van der Waals surface area contributed by atoms with E-state index in [1.165, 1.54) is 0 Å². The summed E-state index contributed by atoms with van der Waals surface area (Å²) < 4.78 is 11.0. The van der Waals surface area contributed by atoms with E-state index >= 15 is 0 Å². The Morgan fingerprint density at radius 3 is 2.54 bits per heavy atom. The SMILES string of the molecule is CCOc1ccc(CNC(=NC)N2CCN(c3ncccn3)CC2)cc1OC. The Morgan fingerprint density at radius 2 is 1.89 bits per heavy atom. The number of guanidine groups is 1. The number of rotatable bonds is 6. The highest BCUT2D eigenvalue weighted by molar-refractivity contribution is 5.80. The van der Waals surface area contributed by atoms with Crippen molar-refractivity contribution < 1.29 is 9.47 Å². The summed E-state index contributed by atoms with van der Waals surface area (Å²) in [6.07, 6.45) is 3.56. The molecule has 0 bridgehead atoms. The first-order valence-corrected chi connectivity index (χ1v) is 9.52. The lowest BCUT2D eigenvalue weighted by Gasteiger charge is -2.36. The number of nitrogens with zero attached hydrogens (tertiary/aromatic N) is 5. The Labute approximate surface area is 166 Å². The van der Waals surface area contributed by atoms with Gasteiger partial charge in [-0.25, -0.2) is 9.97 Å². The fraction of sp³-hybridized carbons (Fsp3) is 0.450. The molecule has 2 aromatic rings. The molecule has 0 amide bonds. The number of methoxy groups -OCH3 is 1. The summed E-state index contributed by atoms with van der Waals surface area (Å²) in [5, 5.41) is 3.44. The lowest BCUT2D eigenvalue weighted by molar-refractivity contribution is 0.310. The average Bonchev–Trinajstić information content (AvgIpc) is 2.76. The highest BCUT2D eigenvalue weighted by atomic mass is 16.5. The first kappa shape index (κ1) is 19.7.